The second-order valence-corrected chi connectivity index (χ2v) is 9.26. The maximum absolute atomic E-state index is 12.8. The van der Waals surface area contributed by atoms with E-state index in [1.54, 1.807) is 16.4 Å². The minimum Gasteiger partial charge on any atom is -0.303 e. The van der Waals surface area contributed by atoms with Gasteiger partial charge in [0.1, 0.15) is 0 Å². The minimum absolute atomic E-state index is 0.416. The fraction of sp³-hybridized carbons (Fsp3) is 0.684. The Balaban J connectivity index is 1.54. The molecule has 3 rings (SSSR count). The standard InChI is InChI=1S/C19H31N3O2S/c1-3-10-20-11-8-18(9-12-20)21-13-15-22(16-14-21)25(23,24)19-6-4-17(2)5-7-19/h4-7,18H,3,8-16H2,1-2H3. The molecule has 6 heteroatoms. The average Bonchev–Trinajstić information content (AvgIpc) is 2.63. The predicted octanol–water partition coefficient (Wildman–Crippen LogP) is 2.18. The molecule has 0 amide bonds. The highest BCUT2D eigenvalue weighted by Gasteiger charge is 2.32. The van der Waals surface area contributed by atoms with E-state index in [2.05, 4.69) is 16.7 Å². The van der Waals surface area contributed by atoms with Crippen molar-refractivity contribution in [2.75, 3.05) is 45.8 Å². The zero-order valence-electron chi connectivity index (χ0n) is 15.5. The molecule has 0 N–H and O–H groups in total. The number of benzene rings is 1. The third-order valence-corrected chi connectivity index (χ3v) is 7.46. The summed E-state index contributed by atoms with van der Waals surface area (Å²) in [6.07, 6.45) is 3.65. The van der Waals surface area contributed by atoms with Crippen LogP contribution in [-0.4, -0.2) is 74.4 Å². The molecule has 5 nitrogen and oxygen atoms in total. The normalized spacial score (nSPS) is 22.3. The van der Waals surface area contributed by atoms with Gasteiger partial charge in [-0.05, 0) is 58.0 Å². The third-order valence-electron chi connectivity index (χ3n) is 5.55. The Morgan fingerprint density at radius 2 is 1.56 bits per heavy atom. The molecule has 0 atom stereocenters. The summed E-state index contributed by atoms with van der Waals surface area (Å²) in [5.41, 5.74) is 1.08. The number of rotatable bonds is 5. The van der Waals surface area contributed by atoms with Crippen molar-refractivity contribution >= 4 is 10.0 Å². The number of aryl methyl sites for hydroxylation is 1. The monoisotopic (exact) mass is 365 g/mol. The van der Waals surface area contributed by atoms with Crippen LogP contribution >= 0.6 is 0 Å². The van der Waals surface area contributed by atoms with E-state index in [-0.39, 0.29) is 0 Å². The fourth-order valence-corrected chi connectivity index (χ4v) is 5.41. The Bertz CT molecular complexity index is 644. The van der Waals surface area contributed by atoms with Crippen LogP contribution in [0.3, 0.4) is 0 Å². The first-order valence-electron chi connectivity index (χ1n) is 9.54. The molecular weight excluding hydrogens is 334 g/mol. The summed E-state index contributed by atoms with van der Waals surface area (Å²) in [6, 6.07) is 7.80. The molecule has 2 heterocycles. The maximum Gasteiger partial charge on any atom is 0.243 e. The van der Waals surface area contributed by atoms with E-state index in [1.807, 2.05) is 19.1 Å². The van der Waals surface area contributed by atoms with Crippen molar-refractivity contribution in [2.45, 2.75) is 44.0 Å². The molecule has 0 aromatic heterocycles. The van der Waals surface area contributed by atoms with Gasteiger partial charge in [-0.3, -0.25) is 4.90 Å². The average molecular weight is 366 g/mol. The van der Waals surface area contributed by atoms with Crippen LogP contribution in [-0.2, 0) is 10.0 Å². The zero-order valence-corrected chi connectivity index (χ0v) is 16.3. The van der Waals surface area contributed by atoms with Gasteiger partial charge in [-0.25, -0.2) is 8.42 Å². The van der Waals surface area contributed by atoms with E-state index in [9.17, 15) is 8.42 Å². The molecule has 2 aliphatic rings. The van der Waals surface area contributed by atoms with Crippen LogP contribution in [0, 0.1) is 6.92 Å². The van der Waals surface area contributed by atoms with Gasteiger partial charge in [-0.1, -0.05) is 24.6 Å². The van der Waals surface area contributed by atoms with Crippen molar-refractivity contribution in [2.24, 2.45) is 0 Å². The van der Waals surface area contributed by atoms with E-state index in [1.165, 1.54) is 38.9 Å². The summed E-state index contributed by atoms with van der Waals surface area (Å²) >= 11 is 0. The van der Waals surface area contributed by atoms with Crippen molar-refractivity contribution in [3.63, 3.8) is 0 Å². The lowest BCUT2D eigenvalue weighted by atomic mass is 10.0. The zero-order chi connectivity index (χ0) is 17.9. The number of sulfonamides is 1. The molecule has 0 radical (unpaired) electrons. The molecule has 0 unspecified atom stereocenters. The molecule has 2 aliphatic heterocycles. The second-order valence-electron chi connectivity index (χ2n) is 7.33. The highest BCUT2D eigenvalue weighted by atomic mass is 32.2. The lowest BCUT2D eigenvalue weighted by molar-refractivity contribution is 0.0811. The Morgan fingerprint density at radius 3 is 2.12 bits per heavy atom. The summed E-state index contributed by atoms with van der Waals surface area (Å²) in [5.74, 6) is 0. The van der Waals surface area contributed by atoms with Gasteiger partial charge in [0.15, 0.2) is 0 Å². The van der Waals surface area contributed by atoms with Crippen LogP contribution < -0.4 is 0 Å². The lowest BCUT2D eigenvalue weighted by Gasteiger charge is -2.42. The van der Waals surface area contributed by atoms with E-state index in [4.69, 9.17) is 0 Å². The largest absolute Gasteiger partial charge is 0.303 e. The summed E-state index contributed by atoms with van der Waals surface area (Å²) < 4.78 is 27.2. The Morgan fingerprint density at radius 1 is 0.960 bits per heavy atom. The number of piperidine rings is 1. The van der Waals surface area contributed by atoms with Crippen molar-refractivity contribution in [1.82, 2.24) is 14.1 Å². The number of hydrogen-bond acceptors (Lipinski definition) is 4. The van der Waals surface area contributed by atoms with Crippen LogP contribution in [0.1, 0.15) is 31.7 Å². The molecule has 1 aromatic carbocycles. The maximum atomic E-state index is 12.8. The van der Waals surface area contributed by atoms with E-state index < -0.39 is 10.0 Å². The predicted molar refractivity (Wildman–Crippen MR) is 101 cm³/mol. The van der Waals surface area contributed by atoms with E-state index in [0.29, 0.717) is 24.0 Å². The Kier molecular flexibility index (Phi) is 6.15. The number of likely N-dealkylation sites (tertiary alicyclic amines) is 1. The minimum atomic E-state index is -3.35. The Hall–Kier alpha value is -0.950. The summed E-state index contributed by atoms with van der Waals surface area (Å²) in [6.45, 7) is 10.7. The molecule has 0 bridgehead atoms. The van der Waals surface area contributed by atoms with Crippen molar-refractivity contribution in [3.05, 3.63) is 29.8 Å². The molecule has 140 valence electrons. The molecule has 1 aromatic rings. The number of nitrogens with zero attached hydrogens (tertiary/aromatic N) is 3. The van der Waals surface area contributed by atoms with Crippen LogP contribution in [0.4, 0.5) is 0 Å². The highest BCUT2D eigenvalue weighted by Crippen LogP contribution is 2.22. The van der Waals surface area contributed by atoms with Crippen molar-refractivity contribution < 1.29 is 8.42 Å². The van der Waals surface area contributed by atoms with Gasteiger partial charge >= 0.3 is 0 Å². The first-order chi connectivity index (χ1) is 12.0. The van der Waals surface area contributed by atoms with E-state index >= 15 is 0 Å². The molecule has 2 fully saturated rings. The van der Waals surface area contributed by atoms with Gasteiger partial charge < -0.3 is 4.90 Å². The fourth-order valence-electron chi connectivity index (χ4n) is 3.99. The van der Waals surface area contributed by atoms with Gasteiger partial charge in [0.25, 0.3) is 0 Å². The number of piperazine rings is 1. The molecule has 2 saturated heterocycles. The molecule has 0 aliphatic carbocycles. The summed E-state index contributed by atoms with van der Waals surface area (Å²) in [7, 11) is -3.35. The van der Waals surface area contributed by atoms with Crippen LogP contribution in [0.25, 0.3) is 0 Å². The first-order valence-corrected chi connectivity index (χ1v) is 11.0. The third kappa shape index (κ3) is 4.42. The summed E-state index contributed by atoms with van der Waals surface area (Å²) in [5, 5.41) is 0. The Labute approximate surface area is 152 Å². The molecular formula is C19H31N3O2S. The van der Waals surface area contributed by atoms with Gasteiger partial charge in [-0.2, -0.15) is 4.31 Å². The van der Waals surface area contributed by atoms with E-state index in [0.717, 1.165) is 18.7 Å². The smallest absolute Gasteiger partial charge is 0.243 e. The van der Waals surface area contributed by atoms with Crippen molar-refractivity contribution in [3.8, 4) is 0 Å². The van der Waals surface area contributed by atoms with Gasteiger partial charge in [0.05, 0.1) is 4.90 Å². The van der Waals surface area contributed by atoms with Crippen LogP contribution in [0.2, 0.25) is 0 Å². The highest BCUT2D eigenvalue weighted by molar-refractivity contribution is 7.89. The summed E-state index contributed by atoms with van der Waals surface area (Å²) in [4.78, 5) is 5.47. The lowest BCUT2D eigenvalue weighted by Crippen LogP contribution is -2.54. The first kappa shape index (κ1) is 18.8. The van der Waals surface area contributed by atoms with Gasteiger partial charge in [0, 0.05) is 32.2 Å². The van der Waals surface area contributed by atoms with Crippen LogP contribution in [0.15, 0.2) is 29.2 Å². The SMILES string of the molecule is CCCN1CCC(N2CCN(S(=O)(=O)c3ccc(C)cc3)CC2)CC1. The number of hydrogen-bond donors (Lipinski definition) is 0. The topological polar surface area (TPSA) is 43.9 Å². The van der Waals surface area contributed by atoms with Crippen molar-refractivity contribution in [1.29, 1.82) is 0 Å². The second kappa shape index (κ2) is 8.16. The van der Waals surface area contributed by atoms with Gasteiger partial charge in [0.2, 0.25) is 10.0 Å². The molecule has 0 saturated carbocycles. The molecule has 0 spiro atoms. The molecule has 25 heavy (non-hydrogen) atoms. The quantitative estimate of drug-likeness (QED) is 0.802. The van der Waals surface area contributed by atoms with Crippen LogP contribution in [0.5, 0.6) is 0 Å². The van der Waals surface area contributed by atoms with Gasteiger partial charge in [-0.15, -0.1) is 0 Å².